The van der Waals surface area contributed by atoms with E-state index in [1.807, 2.05) is 0 Å². The average Bonchev–Trinajstić information content (AvgIpc) is 2.36. The lowest BCUT2D eigenvalue weighted by Crippen LogP contribution is -2.35. The molecule has 7 heteroatoms. The van der Waals surface area contributed by atoms with Gasteiger partial charge in [0.1, 0.15) is 5.82 Å². The molecule has 2 aromatic rings. The van der Waals surface area contributed by atoms with Gasteiger partial charge in [-0.3, -0.25) is 4.79 Å². The van der Waals surface area contributed by atoms with E-state index in [1.165, 1.54) is 29.0 Å². The van der Waals surface area contributed by atoms with Crippen molar-refractivity contribution in [1.29, 1.82) is 0 Å². The topological polar surface area (TPSA) is 62.5 Å². The normalized spacial score (nSPS) is 10.5. The van der Waals surface area contributed by atoms with Crippen LogP contribution in [-0.4, -0.2) is 21.7 Å². The molecule has 0 fully saturated rings. The molecule has 2 rings (SSSR count). The van der Waals surface area contributed by atoms with Crippen LogP contribution in [-0.2, 0) is 6.54 Å². The van der Waals surface area contributed by atoms with Gasteiger partial charge in [-0.25, -0.2) is 4.39 Å². The van der Waals surface area contributed by atoms with E-state index in [0.717, 1.165) is 6.07 Å². The van der Waals surface area contributed by atoms with E-state index >= 15 is 0 Å². The summed E-state index contributed by atoms with van der Waals surface area (Å²) >= 11 is 5.57. The van der Waals surface area contributed by atoms with E-state index in [4.69, 9.17) is 21.6 Å². The van der Waals surface area contributed by atoms with Crippen molar-refractivity contribution in [3.8, 4) is 0 Å². The Labute approximate surface area is 113 Å². The average molecular weight is 281 g/mol. The Bertz CT molecular complexity index is 660. The van der Waals surface area contributed by atoms with Gasteiger partial charge in [-0.1, -0.05) is 17.7 Å². The highest BCUT2D eigenvalue weighted by atomic mass is 35.5. The van der Waals surface area contributed by atoms with Crippen LogP contribution in [0.15, 0.2) is 41.3 Å². The molecule has 98 valence electrons. The van der Waals surface area contributed by atoms with Crippen LogP contribution >= 0.6 is 11.6 Å². The zero-order chi connectivity index (χ0) is 14.0. The Morgan fingerprint density at radius 1 is 1.26 bits per heavy atom. The summed E-state index contributed by atoms with van der Waals surface area (Å²) in [6, 6.07) is 6.83. The Balaban J connectivity index is 2.28. The molecule has 0 aliphatic heterocycles. The van der Waals surface area contributed by atoms with Gasteiger partial charge in [0.15, 0.2) is 0 Å². The molecular formula is C12H10BClFNO3. The van der Waals surface area contributed by atoms with Crippen LogP contribution in [0.2, 0.25) is 5.02 Å². The van der Waals surface area contributed by atoms with E-state index in [0.29, 0.717) is 5.56 Å². The smallest absolute Gasteiger partial charge is 0.423 e. The first-order valence-corrected chi connectivity index (χ1v) is 5.85. The van der Waals surface area contributed by atoms with Crippen LogP contribution < -0.4 is 11.0 Å². The van der Waals surface area contributed by atoms with Crippen molar-refractivity contribution in [2.24, 2.45) is 0 Å². The number of pyridine rings is 1. The lowest BCUT2D eigenvalue weighted by molar-refractivity contribution is 0.425. The maximum absolute atomic E-state index is 13.3. The summed E-state index contributed by atoms with van der Waals surface area (Å²) < 4.78 is 14.6. The van der Waals surface area contributed by atoms with Crippen LogP contribution in [0.25, 0.3) is 0 Å². The second-order valence-corrected chi connectivity index (χ2v) is 4.46. The minimum atomic E-state index is -1.68. The molecule has 0 amide bonds. The molecular weight excluding hydrogens is 271 g/mol. The summed E-state index contributed by atoms with van der Waals surface area (Å²) in [5.41, 5.74) is 0.297. The third-order valence-electron chi connectivity index (χ3n) is 2.66. The van der Waals surface area contributed by atoms with Crippen molar-refractivity contribution in [1.82, 2.24) is 4.57 Å². The Kier molecular flexibility index (Phi) is 4.04. The van der Waals surface area contributed by atoms with E-state index in [2.05, 4.69) is 0 Å². The molecule has 0 saturated carbocycles. The van der Waals surface area contributed by atoms with Gasteiger partial charge in [-0.05, 0) is 29.2 Å². The van der Waals surface area contributed by atoms with E-state index in [9.17, 15) is 9.18 Å². The summed E-state index contributed by atoms with van der Waals surface area (Å²) in [5.74, 6) is -0.547. The van der Waals surface area contributed by atoms with Gasteiger partial charge in [0, 0.05) is 12.3 Å². The van der Waals surface area contributed by atoms with Gasteiger partial charge in [-0.15, -0.1) is 0 Å². The molecule has 2 N–H and O–H groups in total. The molecule has 0 radical (unpaired) electrons. The lowest BCUT2D eigenvalue weighted by atomic mass is 9.81. The van der Waals surface area contributed by atoms with Crippen molar-refractivity contribution in [3.05, 3.63) is 63.3 Å². The first-order chi connectivity index (χ1) is 8.97. The van der Waals surface area contributed by atoms with Crippen LogP contribution in [0.5, 0.6) is 0 Å². The largest absolute Gasteiger partial charge is 0.488 e. The highest BCUT2D eigenvalue weighted by Crippen LogP contribution is 2.15. The molecule has 4 nitrogen and oxygen atoms in total. The SMILES string of the molecule is O=c1cc(B(O)O)ccn1Cc1ccc(Cl)c(F)c1. The van der Waals surface area contributed by atoms with Crippen molar-refractivity contribution in [3.63, 3.8) is 0 Å². The van der Waals surface area contributed by atoms with Gasteiger partial charge in [-0.2, -0.15) is 0 Å². The molecule has 0 unspecified atom stereocenters. The summed E-state index contributed by atoms with van der Waals surface area (Å²) in [7, 11) is -1.68. The molecule has 0 bridgehead atoms. The van der Waals surface area contributed by atoms with Gasteiger partial charge in [0.05, 0.1) is 11.6 Å². The molecule has 1 aromatic heterocycles. The van der Waals surface area contributed by atoms with Gasteiger partial charge in [0.25, 0.3) is 0 Å². The van der Waals surface area contributed by atoms with Gasteiger partial charge >= 0.3 is 7.12 Å². The number of nitrogens with zero attached hydrogens (tertiary/aromatic N) is 1. The Hall–Kier alpha value is -1.63. The first kappa shape index (κ1) is 13.8. The molecule has 0 saturated heterocycles. The third-order valence-corrected chi connectivity index (χ3v) is 2.96. The number of hydrogen-bond acceptors (Lipinski definition) is 3. The number of rotatable bonds is 3. The molecule has 0 aliphatic rings. The second kappa shape index (κ2) is 5.56. The maximum Gasteiger partial charge on any atom is 0.488 e. The summed E-state index contributed by atoms with van der Waals surface area (Å²) in [6.07, 6.45) is 1.42. The molecule has 0 atom stereocenters. The number of halogens is 2. The minimum Gasteiger partial charge on any atom is -0.423 e. The molecule has 19 heavy (non-hydrogen) atoms. The van der Waals surface area contributed by atoms with Crippen LogP contribution in [0.4, 0.5) is 4.39 Å². The summed E-state index contributed by atoms with van der Waals surface area (Å²) in [6.45, 7) is 0.175. The second-order valence-electron chi connectivity index (χ2n) is 4.05. The van der Waals surface area contributed by atoms with E-state index in [1.54, 1.807) is 6.07 Å². The third kappa shape index (κ3) is 3.23. The number of aromatic nitrogens is 1. The lowest BCUT2D eigenvalue weighted by Gasteiger charge is -2.07. The van der Waals surface area contributed by atoms with Crippen LogP contribution in [0.1, 0.15) is 5.56 Å². The van der Waals surface area contributed by atoms with Crippen LogP contribution in [0, 0.1) is 5.82 Å². The van der Waals surface area contributed by atoms with E-state index < -0.39 is 18.5 Å². The predicted molar refractivity (Wildman–Crippen MR) is 71.0 cm³/mol. The zero-order valence-electron chi connectivity index (χ0n) is 9.75. The standard InChI is InChI=1S/C12H10BClFNO3/c14-10-2-1-8(5-11(10)15)7-16-4-3-9(13(18)19)6-12(16)17/h1-6,18-19H,7H2. The fourth-order valence-corrected chi connectivity index (χ4v) is 1.77. The zero-order valence-corrected chi connectivity index (χ0v) is 10.5. The fourth-order valence-electron chi connectivity index (χ4n) is 1.65. The summed E-state index contributed by atoms with van der Waals surface area (Å²) in [5, 5.41) is 17.9. The van der Waals surface area contributed by atoms with Crippen molar-refractivity contribution < 1.29 is 14.4 Å². The Morgan fingerprint density at radius 2 is 2.00 bits per heavy atom. The monoisotopic (exact) mass is 281 g/mol. The van der Waals surface area contributed by atoms with E-state index in [-0.39, 0.29) is 17.0 Å². The predicted octanol–water partition coefficient (Wildman–Crippen LogP) is 0.369. The van der Waals surface area contributed by atoms with Crippen molar-refractivity contribution in [2.75, 3.05) is 0 Å². The molecule has 0 aliphatic carbocycles. The number of benzene rings is 1. The maximum atomic E-state index is 13.3. The fraction of sp³-hybridized carbons (Fsp3) is 0.0833. The highest BCUT2D eigenvalue weighted by molar-refractivity contribution is 6.58. The van der Waals surface area contributed by atoms with Crippen molar-refractivity contribution in [2.45, 2.75) is 6.54 Å². The van der Waals surface area contributed by atoms with Gasteiger partial charge in [0.2, 0.25) is 5.56 Å². The van der Waals surface area contributed by atoms with Crippen LogP contribution in [0.3, 0.4) is 0 Å². The quantitative estimate of drug-likeness (QED) is 0.799. The Morgan fingerprint density at radius 3 is 2.58 bits per heavy atom. The molecule has 1 heterocycles. The van der Waals surface area contributed by atoms with Gasteiger partial charge < -0.3 is 14.6 Å². The van der Waals surface area contributed by atoms with Crippen molar-refractivity contribution >= 4 is 24.2 Å². The summed E-state index contributed by atoms with van der Waals surface area (Å²) in [4.78, 5) is 11.7. The first-order valence-electron chi connectivity index (χ1n) is 5.48. The molecule has 0 spiro atoms. The highest BCUT2D eigenvalue weighted by Gasteiger charge is 2.12. The molecule has 1 aromatic carbocycles. The minimum absolute atomic E-state index is 0.0230. The number of hydrogen-bond donors (Lipinski definition) is 2.